The van der Waals surface area contributed by atoms with Gasteiger partial charge in [-0.3, -0.25) is 4.79 Å². The molecule has 1 aromatic rings. The van der Waals surface area contributed by atoms with Crippen LogP contribution in [0.15, 0.2) is 18.2 Å². The maximum Gasteiger partial charge on any atom is 0.337 e. The van der Waals surface area contributed by atoms with E-state index in [4.69, 9.17) is 5.11 Å². The molecular formula is C12H12FNO3. The Morgan fingerprint density at radius 1 is 1.41 bits per heavy atom. The van der Waals surface area contributed by atoms with E-state index in [1.807, 2.05) is 0 Å². The second-order valence-electron chi connectivity index (χ2n) is 4.19. The number of halogens is 1. The number of carboxylic acid groups (broad SMARTS) is 1. The highest BCUT2D eigenvalue weighted by Gasteiger charge is 2.25. The van der Waals surface area contributed by atoms with Gasteiger partial charge < -0.3 is 10.4 Å². The third kappa shape index (κ3) is 3.03. The van der Waals surface area contributed by atoms with Crippen molar-refractivity contribution in [2.75, 3.05) is 5.32 Å². The molecule has 0 radical (unpaired) electrons. The summed E-state index contributed by atoms with van der Waals surface area (Å²) < 4.78 is 13.0. The molecule has 90 valence electrons. The highest BCUT2D eigenvalue weighted by atomic mass is 19.1. The van der Waals surface area contributed by atoms with E-state index in [1.165, 1.54) is 0 Å². The first-order chi connectivity index (χ1) is 8.06. The van der Waals surface area contributed by atoms with Crippen molar-refractivity contribution in [3.8, 4) is 0 Å². The van der Waals surface area contributed by atoms with Crippen LogP contribution in [0, 0.1) is 11.7 Å². The molecule has 0 aromatic heterocycles. The zero-order chi connectivity index (χ0) is 12.4. The minimum Gasteiger partial charge on any atom is -0.478 e. The normalized spacial score (nSPS) is 14.4. The molecule has 0 aliphatic heterocycles. The minimum atomic E-state index is -1.19. The number of carboxylic acids is 1. The van der Waals surface area contributed by atoms with Crippen molar-refractivity contribution in [1.82, 2.24) is 0 Å². The molecule has 0 bridgehead atoms. The number of amides is 1. The molecule has 0 spiro atoms. The number of carbonyl (C=O) groups is 2. The monoisotopic (exact) mass is 237 g/mol. The Morgan fingerprint density at radius 2 is 2.12 bits per heavy atom. The maximum atomic E-state index is 13.0. The van der Waals surface area contributed by atoms with E-state index < -0.39 is 11.8 Å². The van der Waals surface area contributed by atoms with Gasteiger partial charge in [0.15, 0.2) is 0 Å². The van der Waals surface area contributed by atoms with Gasteiger partial charge in [0.1, 0.15) is 5.82 Å². The van der Waals surface area contributed by atoms with Crippen LogP contribution in [-0.2, 0) is 4.79 Å². The fourth-order valence-electron chi connectivity index (χ4n) is 1.59. The molecule has 0 atom stereocenters. The molecule has 2 N–H and O–H groups in total. The first-order valence-corrected chi connectivity index (χ1v) is 5.39. The van der Waals surface area contributed by atoms with E-state index in [-0.39, 0.29) is 17.2 Å². The summed E-state index contributed by atoms with van der Waals surface area (Å²) in [7, 11) is 0. The van der Waals surface area contributed by atoms with Crippen LogP contribution in [0.1, 0.15) is 29.6 Å². The van der Waals surface area contributed by atoms with Crippen LogP contribution in [0.25, 0.3) is 0 Å². The van der Waals surface area contributed by atoms with Gasteiger partial charge in [-0.25, -0.2) is 9.18 Å². The quantitative estimate of drug-likeness (QED) is 0.844. The molecule has 1 fully saturated rings. The number of benzene rings is 1. The van der Waals surface area contributed by atoms with E-state index in [9.17, 15) is 14.0 Å². The Morgan fingerprint density at radius 3 is 2.71 bits per heavy atom. The van der Waals surface area contributed by atoms with Crippen LogP contribution in [0.2, 0.25) is 0 Å². The fourth-order valence-corrected chi connectivity index (χ4v) is 1.59. The van der Waals surface area contributed by atoms with E-state index in [2.05, 4.69) is 5.32 Å². The van der Waals surface area contributed by atoms with Gasteiger partial charge >= 0.3 is 5.97 Å². The highest BCUT2D eigenvalue weighted by molar-refractivity contribution is 6.00. The molecule has 1 amide bonds. The van der Waals surface area contributed by atoms with Crippen molar-refractivity contribution in [3.63, 3.8) is 0 Å². The Hall–Kier alpha value is -1.91. The summed E-state index contributed by atoms with van der Waals surface area (Å²) in [6.07, 6.45) is 2.43. The van der Waals surface area contributed by atoms with Crippen molar-refractivity contribution in [2.45, 2.75) is 19.3 Å². The SMILES string of the molecule is O=C(CC1CC1)Nc1cc(F)ccc1C(=O)O. The topological polar surface area (TPSA) is 66.4 Å². The Bertz CT molecular complexity index is 469. The lowest BCUT2D eigenvalue weighted by Gasteiger charge is -2.08. The molecular weight excluding hydrogens is 225 g/mol. The largest absolute Gasteiger partial charge is 0.478 e. The van der Waals surface area contributed by atoms with Crippen LogP contribution in [-0.4, -0.2) is 17.0 Å². The first-order valence-electron chi connectivity index (χ1n) is 5.39. The van der Waals surface area contributed by atoms with Gasteiger partial charge in [-0.1, -0.05) is 0 Å². The molecule has 1 saturated carbocycles. The zero-order valence-electron chi connectivity index (χ0n) is 9.07. The summed E-state index contributed by atoms with van der Waals surface area (Å²) in [4.78, 5) is 22.4. The first kappa shape index (κ1) is 11.6. The number of nitrogens with one attached hydrogen (secondary N) is 1. The van der Waals surface area contributed by atoms with Crippen LogP contribution < -0.4 is 5.32 Å². The molecule has 0 heterocycles. The van der Waals surface area contributed by atoms with E-state index in [0.29, 0.717) is 12.3 Å². The lowest BCUT2D eigenvalue weighted by atomic mass is 10.1. The molecule has 4 nitrogen and oxygen atoms in total. The van der Waals surface area contributed by atoms with Crippen molar-refractivity contribution < 1.29 is 19.1 Å². The fraction of sp³-hybridized carbons (Fsp3) is 0.333. The smallest absolute Gasteiger partial charge is 0.337 e. The highest BCUT2D eigenvalue weighted by Crippen LogP contribution is 2.32. The van der Waals surface area contributed by atoms with E-state index in [1.54, 1.807) is 0 Å². The molecule has 1 aromatic carbocycles. The standard InChI is InChI=1S/C12H12FNO3/c13-8-3-4-9(12(16)17)10(6-8)14-11(15)5-7-1-2-7/h3-4,6-7H,1-2,5H2,(H,14,15)(H,16,17). The second kappa shape index (κ2) is 4.53. The summed E-state index contributed by atoms with van der Waals surface area (Å²) in [5, 5.41) is 11.3. The number of rotatable bonds is 4. The number of hydrogen-bond acceptors (Lipinski definition) is 2. The predicted octanol–water partition coefficient (Wildman–Crippen LogP) is 2.26. The summed E-state index contributed by atoms with van der Waals surface area (Å²) in [5.41, 5.74) is -0.0845. The van der Waals surface area contributed by atoms with E-state index >= 15 is 0 Å². The van der Waals surface area contributed by atoms with Gasteiger partial charge in [-0.15, -0.1) is 0 Å². The Balaban J connectivity index is 2.14. The van der Waals surface area contributed by atoms with Crippen molar-refractivity contribution in [1.29, 1.82) is 0 Å². The maximum absolute atomic E-state index is 13.0. The molecule has 0 unspecified atom stereocenters. The average Bonchev–Trinajstić information content (AvgIpc) is 3.00. The Kier molecular flexibility index (Phi) is 3.08. The van der Waals surface area contributed by atoms with E-state index in [0.717, 1.165) is 31.0 Å². The predicted molar refractivity (Wildman–Crippen MR) is 59.3 cm³/mol. The van der Waals surface area contributed by atoms with Gasteiger partial charge in [0.25, 0.3) is 0 Å². The van der Waals surface area contributed by atoms with Crippen LogP contribution in [0.4, 0.5) is 10.1 Å². The Labute approximate surface area is 97.4 Å². The summed E-state index contributed by atoms with van der Waals surface area (Å²) in [6.45, 7) is 0. The molecule has 5 heteroatoms. The van der Waals surface area contributed by atoms with Crippen molar-refractivity contribution in [2.24, 2.45) is 5.92 Å². The van der Waals surface area contributed by atoms with Gasteiger partial charge in [0, 0.05) is 6.42 Å². The van der Waals surface area contributed by atoms with Crippen LogP contribution in [0.3, 0.4) is 0 Å². The number of hydrogen-bond donors (Lipinski definition) is 2. The number of carbonyl (C=O) groups excluding carboxylic acids is 1. The summed E-state index contributed by atoms with van der Waals surface area (Å²) in [6, 6.07) is 3.22. The third-order valence-corrected chi connectivity index (χ3v) is 2.66. The third-order valence-electron chi connectivity index (χ3n) is 2.66. The van der Waals surface area contributed by atoms with Crippen LogP contribution in [0.5, 0.6) is 0 Å². The summed E-state index contributed by atoms with van der Waals surface area (Å²) >= 11 is 0. The number of anilines is 1. The van der Waals surface area contributed by atoms with Crippen molar-refractivity contribution >= 4 is 17.6 Å². The lowest BCUT2D eigenvalue weighted by Crippen LogP contribution is -2.15. The minimum absolute atomic E-state index is 0.0168. The van der Waals surface area contributed by atoms with Gasteiger partial charge in [0.2, 0.25) is 5.91 Å². The average molecular weight is 237 g/mol. The van der Waals surface area contributed by atoms with Crippen molar-refractivity contribution in [3.05, 3.63) is 29.6 Å². The molecule has 1 aliphatic rings. The van der Waals surface area contributed by atoms with Gasteiger partial charge in [-0.2, -0.15) is 0 Å². The second-order valence-corrected chi connectivity index (χ2v) is 4.19. The molecule has 0 saturated heterocycles. The van der Waals surface area contributed by atoms with Gasteiger partial charge in [0.05, 0.1) is 11.3 Å². The molecule has 1 aliphatic carbocycles. The molecule has 2 rings (SSSR count). The summed E-state index contributed by atoms with van der Waals surface area (Å²) in [5.74, 6) is -1.62. The molecule has 17 heavy (non-hydrogen) atoms. The van der Waals surface area contributed by atoms with Crippen LogP contribution >= 0.6 is 0 Å². The lowest BCUT2D eigenvalue weighted by molar-refractivity contribution is -0.116. The zero-order valence-corrected chi connectivity index (χ0v) is 9.07. The van der Waals surface area contributed by atoms with Gasteiger partial charge in [-0.05, 0) is 37.0 Å². The number of aromatic carboxylic acids is 1.